The Morgan fingerprint density at radius 1 is 1.12 bits per heavy atom. The summed E-state index contributed by atoms with van der Waals surface area (Å²) in [4.78, 5) is 21.5. The molecule has 5 rings (SSSR count). The molecule has 2 fully saturated rings. The predicted molar refractivity (Wildman–Crippen MR) is 126 cm³/mol. The number of hydrogen-bond donors (Lipinski definition) is 1. The second-order valence-electron chi connectivity index (χ2n) is 8.46. The molecule has 0 amide bonds. The van der Waals surface area contributed by atoms with Gasteiger partial charge >= 0.3 is 0 Å². The molecule has 0 bridgehead atoms. The van der Waals surface area contributed by atoms with Crippen LogP contribution in [-0.2, 0) is 4.74 Å². The molecule has 2 aromatic heterocycles. The number of piperidine rings is 1. The Labute approximate surface area is 196 Å². The SMILES string of the molecule is C[C@@H]1OCC2(CCN(c3ncc(Sc4cccc(-c5cncnc5)c4Cl)cn3)CC2)[C@@H]1N. The summed E-state index contributed by atoms with van der Waals surface area (Å²) in [5, 5.41) is 0.669. The Morgan fingerprint density at radius 2 is 1.84 bits per heavy atom. The standard InChI is InChI=1S/C23H25ClN6OS/c1-15-21(25)23(13-31-15)5-7-30(8-6-23)22-28-11-17(12-29-22)32-19-4-2-3-18(20(19)24)16-9-26-14-27-10-16/h2-4,9-12,14-15,21H,5-8,13,25H2,1H3/t15-,21+/m0/s1. The third-order valence-electron chi connectivity index (χ3n) is 6.57. The number of rotatable bonds is 4. The molecule has 2 aliphatic rings. The summed E-state index contributed by atoms with van der Waals surface area (Å²) in [6.45, 7) is 4.61. The summed E-state index contributed by atoms with van der Waals surface area (Å²) >= 11 is 8.23. The second kappa shape index (κ2) is 8.94. The molecule has 7 nitrogen and oxygen atoms in total. The number of nitrogens with zero attached hydrogens (tertiary/aromatic N) is 5. The van der Waals surface area contributed by atoms with E-state index >= 15 is 0 Å². The van der Waals surface area contributed by atoms with Crippen LogP contribution in [0.3, 0.4) is 0 Å². The molecule has 0 radical (unpaired) electrons. The molecule has 2 atom stereocenters. The van der Waals surface area contributed by atoms with Gasteiger partial charge in [0, 0.05) is 70.3 Å². The van der Waals surface area contributed by atoms with Crippen LogP contribution < -0.4 is 10.6 Å². The van der Waals surface area contributed by atoms with Crippen molar-refractivity contribution in [2.24, 2.45) is 11.1 Å². The predicted octanol–water partition coefficient (Wildman–Crippen LogP) is 4.07. The van der Waals surface area contributed by atoms with Gasteiger partial charge in [0.2, 0.25) is 5.95 Å². The zero-order chi connectivity index (χ0) is 22.1. The van der Waals surface area contributed by atoms with Crippen LogP contribution in [0.1, 0.15) is 19.8 Å². The lowest BCUT2D eigenvalue weighted by Crippen LogP contribution is -2.50. The smallest absolute Gasteiger partial charge is 0.225 e. The first-order valence-electron chi connectivity index (χ1n) is 10.7. The average molecular weight is 469 g/mol. The van der Waals surface area contributed by atoms with E-state index in [1.165, 1.54) is 6.33 Å². The lowest BCUT2D eigenvalue weighted by molar-refractivity contribution is 0.0973. The van der Waals surface area contributed by atoms with E-state index in [1.54, 1.807) is 24.2 Å². The fourth-order valence-corrected chi connectivity index (χ4v) is 5.69. The molecule has 0 aliphatic carbocycles. The summed E-state index contributed by atoms with van der Waals surface area (Å²) in [5.74, 6) is 0.756. The number of nitrogens with two attached hydrogens (primary N) is 1. The van der Waals surface area contributed by atoms with Crippen molar-refractivity contribution in [1.82, 2.24) is 19.9 Å². The van der Waals surface area contributed by atoms with Crippen molar-refractivity contribution in [3.8, 4) is 11.1 Å². The van der Waals surface area contributed by atoms with Gasteiger partial charge in [0.1, 0.15) is 6.33 Å². The van der Waals surface area contributed by atoms with Crippen LogP contribution in [0.2, 0.25) is 5.02 Å². The van der Waals surface area contributed by atoms with E-state index < -0.39 is 0 Å². The Hall–Kier alpha value is -2.26. The van der Waals surface area contributed by atoms with Gasteiger partial charge in [-0.05, 0) is 25.8 Å². The monoisotopic (exact) mass is 468 g/mol. The van der Waals surface area contributed by atoms with Crippen LogP contribution in [0, 0.1) is 5.41 Å². The van der Waals surface area contributed by atoms with Crippen molar-refractivity contribution in [3.63, 3.8) is 0 Å². The van der Waals surface area contributed by atoms with E-state index in [0.29, 0.717) is 5.02 Å². The molecular formula is C23H25ClN6OS. The fraction of sp³-hybridized carbons (Fsp3) is 0.391. The summed E-state index contributed by atoms with van der Waals surface area (Å²) < 4.78 is 5.82. The van der Waals surface area contributed by atoms with E-state index in [1.807, 2.05) is 30.6 Å². The number of halogens is 1. The maximum atomic E-state index is 6.68. The number of aromatic nitrogens is 4. The van der Waals surface area contributed by atoms with Gasteiger partial charge in [-0.1, -0.05) is 35.5 Å². The highest BCUT2D eigenvalue weighted by molar-refractivity contribution is 7.99. The topological polar surface area (TPSA) is 90.0 Å². The minimum atomic E-state index is 0.0945. The van der Waals surface area contributed by atoms with Crippen LogP contribution >= 0.6 is 23.4 Å². The number of ether oxygens (including phenoxy) is 1. The van der Waals surface area contributed by atoms with E-state index in [-0.39, 0.29) is 17.6 Å². The van der Waals surface area contributed by atoms with Crippen molar-refractivity contribution in [2.75, 3.05) is 24.6 Å². The molecule has 4 heterocycles. The van der Waals surface area contributed by atoms with Crippen LogP contribution in [0.25, 0.3) is 11.1 Å². The van der Waals surface area contributed by atoms with Gasteiger partial charge in [0.15, 0.2) is 0 Å². The highest BCUT2D eigenvalue weighted by Crippen LogP contribution is 2.42. The molecule has 3 aromatic rings. The lowest BCUT2D eigenvalue weighted by atomic mass is 9.73. The quantitative estimate of drug-likeness (QED) is 0.612. The first-order valence-corrected chi connectivity index (χ1v) is 11.9. The lowest BCUT2D eigenvalue weighted by Gasteiger charge is -2.41. The van der Waals surface area contributed by atoms with E-state index in [0.717, 1.165) is 59.4 Å². The third-order valence-corrected chi connectivity index (χ3v) is 8.09. The summed E-state index contributed by atoms with van der Waals surface area (Å²) in [5.41, 5.74) is 8.31. The third kappa shape index (κ3) is 4.08. The van der Waals surface area contributed by atoms with Crippen LogP contribution in [0.4, 0.5) is 5.95 Å². The van der Waals surface area contributed by atoms with Gasteiger partial charge in [0.25, 0.3) is 0 Å². The van der Waals surface area contributed by atoms with Gasteiger partial charge in [0.05, 0.1) is 17.7 Å². The average Bonchev–Trinajstić information content (AvgIpc) is 3.10. The zero-order valence-electron chi connectivity index (χ0n) is 17.8. The van der Waals surface area contributed by atoms with Gasteiger partial charge in [-0.25, -0.2) is 19.9 Å². The van der Waals surface area contributed by atoms with Crippen molar-refractivity contribution < 1.29 is 4.74 Å². The summed E-state index contributed by atoms with van der Waals surface area (Å²) in [6, 6.07) is 6.04. The largest absolute Gasteiger partial charge is 0.376 e. The molecular weight excluding hydrogens is 444 g/mol. The minimum Gasteiger partial charge on any atom is -0.376 e. The summed E-state index contributed by atoms with van der Waals surface area (Å²) in [6.07, 6.45) is 10.9. The molecule has 1 spiro atoms. The van der Waals surface area contributed by atoms with E-state index in [4.69, 9.17) is 22.1 Å². The molecule has 32 heavy (non-hydrogen) atoms. The molecule has 2 N–H and O–H groups in total. The van der Waals surface area contributed by atoms with Crippen LogP contribution in [-0.4, -0.2) is 51.8 Å². The fourth-order valence-electron chi connectivity index (χ4n) is 4.53. The molecule has 0 unspecified atom stereocenters. The molecule has 2 saturated heterocycles. The normalized spacial score (nSPS) is 22.4. The molecule has 166 valence electrons. The van der Waals surface area contributed by atoms with Crippen molar-refractivity contribution in [1.29, 1.82) is 0 Å². The molecule has 2 aliphatic heterocycles. The second-order valence-corrected chi connectivity index (χ2v) is 9.95. The van der Waals surface area contributed by atoms with Crippen molar-refractivity contribution in [3.05, 3.63) is 54.3 Å². The van der Waals surface area contributed by atoms with E-state index in [9.17, 15) is 0 Å². The Morgan fingerprint density at radius 3 is 2.50 bits per heavy atom. The highest BCUT2D eigenvalue weighted by atomic mass is 35.5. The van der Waals surface area contributed by atoms with Gasteiger partial charge in [-0.2, -0.15) is 0 Å². The maximum Gasteiger partial charge on any atom is 0.225 e. The zero-order valence-corrected chi connectivity index (χ0v) is 19.4. The number of anilines is 1. The molecule has 9 heteroatoms. The highest BCUT2D eigenvalue weighted by Gasteiger charge is 2.47. The van der Waals surface area contributed by atoms with Gasteiger partial charge < -0.3 is 15.4 Å². The van der Waals surface area contributed by atoms with Crippen LogP contribution in [0.5, 0.6) is 0 Å². The number of hydrogen-bond acceptors (Lipinski definition) is 8. The Kier molecular flexibility index (Phi) is 6.03. The first-order chi connectivity index (χ1) is 15.6. The Bertz CT molecular complexity index is 1080. The minimum absolute atomic E-state index is 0.0945. The van der Waals surface area contributed by atoms with Gasteiger partial charge in [-0.3, -0.25) is 0 Å². The van der Waals surface area contributed by atoms with Gasteiger partial charge in [-0.15, -0.1) is 0 Å². The first kappa shape index (κ1) is 21.6. The summed E-state index contributed by atoms with van der Waals surface area (Å²) in [7, 11) is 0. The Balaban J connectivity index is 1.26. The van der Waals surface area contributed by atoms with Crippen molar-refractivity contribution in [2.45, 2.75) is 41.7 Å². The maximum absolute atomic E-state index is 6.68. The van der Waals surface area contributed by atoms with Crippen molar-refractivity contribution >= 4 is 29.3 Å². The van der Waals surface area contributed by atoms with E-state index in [2.05, 4.69) is 31.8 Å². The molecule has 1 aromatic carbocycles. The van der Waals surface area contributed by atoms with Crippen LogP contribution in [0.15, 0.2) is 59.1 Å². The molecule has 0 saturated carbocycles. The number of benzene rings is 1.